The van der Waals surface area contributed by atoms with E-state index in [9.17, 15) is 9.90 Å². The molecule has 1 atom stereocenters. The van der Waals surface area contributed by atoms with E-state index >= 15 is 0 Å². The lowest BCUT2D eigenvalue weighted by Gasteiger charge is -2.45. The molecule has 8 heteroatoms. The molecule has 1 fully saturated rings. The number of aromatic nitrogens is 1. The molecule has 0 bridgehead atoms. The number of carbonyl (C=O) groups is 1. The van der Waals surface area contributed by atoms with Gasteiger partial charge in [-0.05, 0) is 43.1 Å². The molecule has 1 aliphatic carbocycles. The van der Waals surface area contributed by atoms with Crippen LogP contribution in [-0.2, 0) is 11.3 Å². The normalized spacial score (nSPS) is 20.2. The van der Waals surface area contributed by atoms with Crippen molar-refractivity contribution in [2.45, 2.75) is 56.5 Å². The van der Waals surface area contributed by atoms with Crippen molar-refractivity contribution in [3.63, 3.8) is 0 Å². The second kappa shape index (κ2) is 10.2. The molecule has 0 saturated heterocycles. The maximum atomic E-state index is 11.8. The molecule has 0 radical (unpaired) electrons. The molecule has 1 aromatic heterocycles. The van der Waals surface area contributed by atoms with Gasteiger partial charge in [0.05, 0.1) is 5.69 Å². The minimum atomic E-state index is -1.35. The molecule has 3 rings (SSSR count). The summed E-state index contributed by atoms with van der Waals surface area (Å²) in [6, 6.07) is 14.3. The fourth-order valence-electron chi connectivity index (χ4n) is 4.01. The lowest BCUT2D eigenvalue weighted by Crippen LogP contribution is -2.61. The third-order valence-corrected chi connectivity index (χ3v) is 6.06. The molecule has 0 spiro atoms. The van der Waals surface area contributed by atoms with E-state index in [-0.39, 0.29) is 18.3 Å². The highest BCUT2D eigenvalue weighted by Gasteiger charge is 2.48. The number of carboxylic acids is 1. The first-order chi connectivity index (χ1) is 14.4. The van der Waals surface area contributed by atoms with Crippen LogP contribution in [0, 0.1) is 5.92 Å². The Hall–Kier alpha value is -2.26. The van der Waals surface area contributed by atoms with Crippen molar-refractivity contribution in [2.24, 2.45) is 11.7 Å². The fourth-order valence-corrected chi connectivity index (χ4v) is 4.01. The topological polar surface area (TPSA) is 129 Å². The zero-order valence-corrected chi connectivity index (χ0v) is 17.1. The van der Waals surface area contributed by atoms with Crippen LogP contribution in [0.5, 0.6) is 0 Å². The Morgan fingerprint density at radius 2 is 1.90 bits per heavy atom. The quantitative estimate of drug-likeness (QED) is 0.283. The Balaban J connectivity index is 1.45. The van der Waals surface area contributed by atoms with Gasteiger partial charge >= 0.3 is 13.1 Å². The highest BCUT2D eigenvalue weighted by atomic mass is 16.4. The molecule has 1 saturated carbocycles. The van der Waals surface area contributed by atoms with Crippen molar-refractivity contribution in [3.8, 4) is 11.3 Å². The highest BCUT2D eigenvalue weighted by Crippen LogP contribution is 2.38. The lowest BCUT2D eigenvalue weighted by molar-refractivity contribution is -0.148. The van der Waals surface area contributed by atoms with Crippen LogP contribution in [0.2, 0.25) is 6.32 Å². The van der Waals surface area contributed by atoms with Gasteiger partial charge in [0.25, 0.3) is 0 Å². The minimum absolute atomic E-state index is 0.0786. The summed E-state index contributed by atoms with van der Waals surface area (Å²) in [6.07, 6.45) is 5.01. The summed E-state index contributed by atoms with van der Waals surface area (Å²) < 4.78 is 0. The van der Waals surface area contributed by atoms with Crippen molar-refractivity contribution in [1.82, 2.24) is 10.3 Å². The van der Waals surface area contributed by atoms with Crippen molar-refractivity contribution in [3.05, 3.63) is 54.2 Å². The fraction of sp³-hybridized carbons (Fsp3) is 0.455. The van der Waals surface area contributed by atoms with Crippen LogP contribution in [0.4, 0.5) is 0 Å². The van der Waals surface area contributed by atoms with Crippen LogP contribution in [-0.4, -0.2) is 44.8 Å². The number of unbranched alkanes of at least 4 members (excludes halogenated alkanes) is 1. The SMILES string of the molecule is NC(CCCCB(O)O)(C(=O)O)C1CC(NCc2ccc(-c3ccccc3)nc2)C1. The molecule has 30 heavy (non-hydrogen) atoms. The van der Waals surface area contributed by atoms with Gasteiger partial charge in [-0.1, -0.05) is 49.2 Å². The van der Waals surface area contributed by atoms with Gasteiger partial charge in [0, 0.05) is 24.3 Å². The van der Waals surface area contributed by atoms with Crippen LogP contribution in [0.3, 0.4) is 0 Å². The van der Waals surface area contributed by atoms with Gasteiger partial charge in [0.15, 0.2) is 0 Å². The average molecular weight is 411 g/mol. The summed E-state index contributed by atoms with van der Waals surface area (Å²) >= 11 is 0. The Bertz CT molecular complexity index is 813. The standard InChI is InChI=1S/C22H30BN3O4/c24-22(21(27)28,10-4-5-11-23(29)30)18-12-19(13-18)25-14-16-8-9-20(26-15-16)17-6-2-1-3-7-17/h1-3,6-9,15,18-19,25,29-30H,4-5,10-14,24H2,(H,27,28). The Morgan fingerprint density at radius 1 is 1.17 bits per heavy atom. The second-order valence-electron chi connectivity index (χ2n) is 8.24. The number of nitrogens with zero attached hydrogens (tertiary/aromatic N) is 1. The van der Waals surface area contributed by atoms with Gasteiger partial charge in [0.1, 0.15) is 5.54 Å². The van der Waals surface area contributed by atoms with Gasteiger partial charge in [-0.2, -0.15) is 0 Å². The minimum Gasteiger partial charge on any atom is -0.480 e. The largest absolute Gasteiger partial charge is 0.480 e. The van der Waals surface area contributed by atoms with Gasteiger partial charge in [-0.25, -0.2) is 0 Å². The van der Waals surface area contributed by atoms with Crippen LogP contribution >= 0.6 is 0 Å². The van der Waals surface area contributed by atoms with E-state index in [1.807, 2.05) is 42.6 Å². The van der Waals surface area contributed by atoms with E-state index < -0.39 is 18.6 Å². The van der Waals surface area contributed by atoms with E-state index in [1.165, 1.54) is 0 Å². The van der Waals surface area contributed by atoms with Gasteiger partial charge < -0.3 is 26.2 Å². The summed E-state index contributed by atoms with van der Waals surface area (Å²) in [7, 11) is -1.35. The van der Waals surface area contributed by atoms with Crippen molar-refractivity contribution < 1.29 is 19.9 Å². The number of benzene rings is 1. The molecule has 1 aliphatic rings. The first kappa shape index (κ1) is 22.4. The molecule has 1 heterocycles. The van der Waals surface area contributed by atoms with Gasteiger partial charge in [-0.3, -0.25) is 9.78 Å². The van der Waals surface area contributed by atoms with Crippen LogP contribution < -0.4 is 11.1 Å². The lowest BCUT2D eigenvalue weighted by atomic mass is 9.66. The summed E-state index contributed by atoms with van der Waals surface area (Å²) in [5.41, 5.74) is 8.09. The molecular formula is C22H30BN3O4. The van der Waals surface area contributed by atoms with E-state index in [0.717, 1.165) is 29.7 Å². The first-order valence-corrected chi connectivity index (χ1v) is 10.5. The number of nitrogens with two attached hydrogens (primary N) is 1. The zero-order valence-electron chi connectivity index (χ0n) is 17.1. The molecule has 6 N–H and O–H groups in total. The van der Waals surface area contributed by atoms with E-state index in [1.54, 1.807) is 0 Å². The predicted octanol–water partition coefficient (Wildman–Crippen LogP) is 2.04. The number of carboxylic acid groups (broad SMARTS) is 1. The molecule has 2 aromatic rings. The van der Waals surface area contributed by atoms with Gasteiger partial charge in [0.2, 0.25) is 0 Å². The Morgan fingerprint density at radius 3 is 2.50 bits per heavy atom. The Labute approximate surface area is 177 Å². The molecule has 1 unspecified atom stereocenters. The predicted molar refractivity (Wildman–Crippen MR) is 116 cm³/mol. The van der Waals surface area contributed by atoms with Crippen molar-refractivity contribution in [1.29, 1.82) is 0 Å². The number of aliphatic carboxylic acids is 1. The summed E-state index contributed by atoms with van der Waals surface area (Å²) in [5, 5.41) is 30.9. The number of rotatable bonds is 11. The molecule has 0 amide bonds. The van der Waals surface area contributed by atoms with Crippen molar-refractivity contribution in [2.75, 3.05) is 0 Å². The average Bonchev–Trinajstić information content (AvgIpc) is 2.71. The summed E-state index contributed by atoms with van der Waals surface area (Å²) in [5.74, 6) is -1.05. The highest BCUT2D eigenvalue weighted by molar-refractivity contribution is 6.40. The smallest absolute Gasteiger partial charge is 0.451 e. The van der Waals surface area contributed by atoms with E-state index in [4.69, 9.17) is 15.8 Å². The first-order valence-electron chi connectivity index (χ1n) is 10.5. The molecular weight excluding hydrogens is 381 g/mol. The molecule has 7 nitrogen and oxygen atoms in total. The second-order valence-corrected chi connectivity index (χ2v) is 8.24. The van der Waals surface area contributed by atoms with E-state index in [2.05, 4.69) is 16.4 Å². The number of hydrogen-bond donors (Lipinski definition) is 5. The van der Waals surface area contributed by atoms with Crippen LogP contribution in [0.1, 0.15) is 37.7 Å². The maximum Gasteiger partial charge on any atom is 0.451 e. The van der Waals surface area contributed by atoms with Crippen LogP contribution in [0.15, 0.2) is 48.7 Å². The number of nitrogens with one attached hydrogen (secondary N) is 1. The summed E-state index contributed by atoms with van der Waals surface area (Å²) in [4.78, 5) is 16.3. The Kier molecular flexibility index (Phi) is 7.61. The third-order valence-electron chi connectivity index (χ3n) is 6.06. The van der Waals surface area contributed by atoms with E-state index in [0.29, 0.717) is 25.8 Å². The third kappa shape index (κ3) is 5.67. The van der Waals surface area contributed by atoms with Crippen LogP contribution in [0.25, 0.3) is 11.3 Å². The maximum absolute atomic E-state index is 11.8. The summed E-state index contributed by atoms with van der Waals surface area (Å²) in [6.45, 7) is 0.679. The van der Waals surface area contributed by atoms with Gasteiger partial charge in [-0.15, -0.1) is 0 Å². The molecule has 0 aliphatic heterocycles. The zero-order chi connectivity index (χ0) is 21.6. The number of pyridine rings is 1. The number of hydrogen-bond acceptors (Lipinski definition) is 6. The molecule has 1 aromatic carbocycles. The van der Waals surface area contributed by atoms with Crippen molar-refractivity contribution >= 4 is 13.1 Å². The monoisotopic (exact) mass is 411 g/mol. The molecule has 160 valence electrons.